The monoisotopic (exact) mass is 395 g/mol. The van der Waals surface area contributed by atoms with Gasteiger partial charge >= 0.3 is 5.63 Å². The van der Waals surface area contributed by atoms with Crippen LogP contribution in [0.1, 0.15) is 19.7 Å². The molecular weight excluding hydrogens is 384 g/mol. The molecule has 0 amide bonds. The molecule has 3 aromatic heterocycles. The number of nitrogens with one attached hydrogen (secondary N) is 3. The number of hydrogen-bond acceptors (Lipinski definition) is 4. The molecule has 0 aliphatic heterocycles. The molecule has 3 heterocycles. The molecule has 7 nitrogen and oxygen atoms in total. The zero-order chi connectivity index (χ0) is 18.6. The zero-order valence-electron chi connectivity index (χ0n) is 13.6. The largest absolute Gasteiger partial charge is 0.357 e. The van der Waals surface area contributed by atoms with Gasteiger partial charge in [0, 0.05) is 10.9 Å². The van der Waals surface area contributed by atoms with Crippen LogP contribution in [0.4, 0.5) is 4.39 Å². The minimum Gasteiger partial charge on any atom is -0.350 e. The second kappa shape index (κ2) is 5.72. The number of benzene rings is 1. The summed E-state index contributed by atoms with van der Waals surface area (Å²) in [5, 5.41) is 10.6. The van der Waals surface area contributed by atoms with Gasteiger partial charge in [0.1, 0.15) is 0 Å². The van der Waals surface area contributed by atoms with Gasteiger partial charge in [0.15, 0.2) is 17.3 Å². The lowest BCUT2D eigenvalue weighted by Crippen LogP contribution is -2.11. The minimum absolute atomic E-state index is 0.0712. The highest BCUT2D eigenvalue weighted by Gasteiger charge is 2.27. The van der Waals surface area contributed by atoms with Crippen LogP contribution < -0.4 is 5.63 Å². The smallest absolute Gasteiger partial charge is 0.350 e. The molecule has 0 saturated heterocycles. The third-order valence-corrected chi connectivity index (χ3v) is 4.73. The summed E-state index contributed by atoms with van der Waals surface area (Å²) >= 11 is 12.4. The Kier molecular flexibility index (Phi) is 3.71. The third kappa shape index (κ3) is 2.62. The van der Waals surface area contributed by atoms with Crippen LogP contribution in [0.5, 0.6) is 0 Å². The number of nitrogens with zero attached hydrogens (tertiary/aromatic N) is 2. The molecule has 0 saturated carbocycles. The minimum atomic E-state index is -1.69. The number of rotatable bonds is 3. The van der Waals surface area contributed by atoms with E-state index in [4.69, 9.17) is 27.7 Å². The van der Waals surface area contributed by atoms with Crippen molar-refractivity contribution in [1.82, 2.24) is 25.3 Å². The first-order valence-electron chi connectivity index (χ1n) is 7.56. The molecule has 3 N–H and O–H groups in total. The van der Waals surface area contributed by atoms with Crippen molar-refractivity contribution in [3.63, 3.8) is 0 Å². The van der Waals surface area contributed by atoms with E-state index in [1.54, 1.807) is 12.1 Å². The van der Waals surface area contributed by atoms with Crippen LogP contribution in [0.15, 0.2) is 27.5 Å². The summed E-state index contributed by atoms with van der Waals surface area (Å²) < 4.78 is 18.9. The van der Waals surface area contributed by atoms with Gasteiger partial charge in [-0.25, -0.2) is 19.3 Å². The molecule has 0 spiro atoms. The van der Waals surface area contributed by atoms with E-state index in [0.717, 1.165) is 0 Å². The van der Waals surface area contributed by atoms with Crippen LogP contribution in [0.3, 0.4) is 0 Å². The lowest BCUT2D eigenvalue weighted by molar-refractivity contribution is 0.207. The first-order chi connectivity index (χ1) is 12.3. The average molecular weight is 396 g/mol. The van der Waals surface area contributed by atoms with Crippen LogP contribution in [0.25, 0.3) is 33.7 Å². The van der Waals surface area contributed by atoms with Crippen molar-refractivity contribution in [3.8, 4) is 22.8 Å². The molecule has 4 rings (SSSR count). The van der Waals surface area contributed by atoms with Gasteiger partial charge in [-0.1, -0.05) is 29.3 Å². The normalized spacial score (nSPS) is 12.2. The number of aromatic amines is 3. The number of H-pyrrole nitrogens is 3. The van der Waals surface area contributed by atoms with Crippen LogP contribution in [-0.4, -0.2) is 25.3 Å². The number of halogens is 3. The molecule has 26 heavy (non-hydrogen) atoms. The molecule has 0 bridgehead atoms. The molecule has 1 aromatic carbocycles. The Morgan fingerprint density at radius 3 is 2.65 bits per heavy atom. The van der Waals surface area contributed by atoms with Gasteiger partial charge < -0.3 is 9.51 Å². The highest BCUT2D eigenvalue weighted by atomic mass is 35.5. The van der Waals surface area contributed by atoms with Gasteiger partial charge in [-0.3, -0.25) is 5.10 Å². The summed E-state index contributed by atoms with van der Waals surface area (Å²) in [5.41, 5.74) is -0.291. The van der Waals surface area contributed by atoms with Crippen molar-refractivity contribution < 1.29 is 8.91 Å². The van der Waals surface area contributed by atoms with Gasteiger partial charge in [0.05, 0.1) is 33.0 Å². The summed E-state index contributed by atoms with van der Waals surface area (Å²) in [6, 6.07) is 4.68. The van der Waals surface area contributed by atoms with Crippen molar-refractivity contribution in [2.75, 3.05) is 0 Å². The lowest BCUT2D eigenvalue weighted by atomic mass is 10.1. The van der Waals surface area contributed by atoms with Crippen molar-refractivity contribution in [3.05, 3.63) is 44.5 Å². The number of hydrogen-bond donors (Lipinski definition) is 3. The Hall–Kier alpha value is -2.58. The van der Waals surface area contributed by atoms with Crippen LogP contribution >= 0.6 is 23.2 Å². The first-order valence-corrected chi connectivity index (χ1v) is 8.32. The SMILES string of the molecule is CC(C)(F)c1nc(-c2[nH]c3c(Cl)c(Cl)ccc3c2-c2cc(=O)o[nH]2)n[nH]1. The van der Waals surface area contributed by atoms with Crippen molar-refractivity contribution in [1.29, 1.82) is 0 Å². The summed E-state index contributed by atoms with van der Waals surface area (Å²) in [6.45, 7) is 2.74. The maximum atomic E-state index is 14.2. The fourth-order valence-electron chi connectivity index (χ4n) is 2.70. The van der Waals surface area contributed by atoms with E-state index in [2.05, 4.69) is 25.3 Å². The van der Waals surface area contributed by atoms with E-state index in [1.165, 1.54) is 19.9 Å². The van der Waals surface area contributed by atoms with Gasteiger partial charge in [-0.15, -0.1) is 0 Å². The second-order valence-corrected chi connectivity index (χ2v) is 7.01. The molecule has 0 aliphatic rings. The number of alkyl halides is 1. The quantitative estimate of drug-likeness (QED) is 0.477. The fourth-order valence-corrected chi connectivity index (χ4v) is 3.07. The van der Waals surface area contributed by atoms with Gasteiger partial charge in [-0.2, -0.15) is 5.10 Å². The number of aromatic nitrogens is 5. The van der Waals surface area contributed by atoms with E-state index in [1.807, 2.05) is 0 Å². The Balaban J connectivity index is 2.03. The van der Waals surface area contributed by atoms with Crippen molar-refractivity contribution in [2.24, 2.45) is 0 Å². The first kappa shape index (κ1) is 16.9. The highest BCUT2D eigenvalue weighted by molar-refractivity contribution is 6.45. The van der Waals surface area contributed by atoms with Gasteiger partial charge in [0.25, 0.3) is 0 Å². The molecule has 0 aliphatic carbocycles. The topological polar surface area (TPSA) is 103 Å². The van der Waals surface area contributed by atoms with Crippen molar-refractivity contribution in [2.45, 2.75) is 19.5 Å². The lowest BCUT2D eigenvalue weighted by Gasteiger charge is -2.08. The summed E-state index contributed by atoms with van der Waals surface area (Å²) in [5.74, 6) is 0.285. The average Bonchev–Trinajstić information content (AvgIpc) is 3.27. The summed E-state index contributed by atoms with van der Waals surface area (Å²) in [4.78, 5) is 18.8. The summed E-state index contributed by atoms with van der Waals surface area (Å²) in [7, 11) is 0. The molecular formula is C16H12Cl2FN5O2. The molecule has 10 heteroatoms. The molecule has 0 radical (unpaired) electrons. The second-order valence-electron chi connectivity index (χ2n) is 6.22. The predicted octanol–water partition coefficient (Wildman–Crippen LogP) is 4.41. The van der Waals surface area contributed by atoms with E-state index in [9.17, 15) is 9.18 Å². The zero-order valence-corrected chi connectivity index (χ0v) is 15.1. The van der Waals surface area contributed by atoms with E-state index >= 15 is 0 Å². The fraction of sp³-hybridized carbons (Fsp3) is 0.188. The Morgan fingerprint density at radius 2 is 2.04 bits per heavy atom. The predicted molar refractivity (Wildman–Crippen MR) is 96.2 cm³/mol. The van der Waals surface area contributed by atoms with E-state index in [0.29, 0.717) is 37.9 Å². The maximum absolute atomic E-state index is 14.2. The van der Waals surface area contributed by atoms with Crippen LogP contribution in [0, 0.1) is 0 Å². The Morgan fingerprint density at radius 1 is 1.27 bits per heavy atom. The molecule has 0 fully saturated rings. The molecule has 4 aromatic rings. The van der Waals surface area contributed by atoms with E-state index < -0.39 is 11.3 Å². The highest BCUT2D eigenvalue weighted by Crippen LogP contribution is 2.41. The van der Waals surface area contributed by atoms with Crippen LogP contribution in [0.2, 0.25) is 10.0 Å². The van der Waals surface area contributed by atoms with Gasteiger partial charge in [-0.05, 0) is 19.9 Å². The number of fused-ring (bicyclic) bond motifs is 1. The van der Waals surface area contributed by atoms with Crippen molar-refractivity contribution >= 4 is 34.1 Å². The Bertz CT molecular complexity index is 1180. The molecule has 0 atom stereocenters. The van der Waals surface area contributed by atoms with Crippen LogP contribution in [-0.2, 0) is 5.67 Å². The van der Waals surface area contributed by atoms with Gasteiger partial charge in [0.2, 0.25) is 0 Å². The van der Waals surface area contributed by atoms with E-state index in [-0.39, 0.29) is 11.6 Å². The standard InChI is InChI=1S/C16H12Cl2FN5O2/c1-16(2,19)15-21-14(22-23-15)13-10(8-5-9(25)26-24-8)6-3-4-7(17)11(18)12(6)20-13/h3-5,20,24H,1-2H3,(H,21,22,23). The summed E-state index contributed by atoms with van der Waals surface area (Å²) in [6.07, 6.45) is 0. The Labute approximate surface area is 155 Å². The molecule has 0 unspecified atom stereocenters. The maximum Gasteiger partial charge on any atom is 0.357 e. The molecule has 134 valence electrons. The third-order valence-electron chi connectivity index (χ3n) is 3.93.